The van der Waals surface area contributed by atoms with Gasteiger partial charge in [-0.1, -0.05) is 6.92 Å². The molecule has 1 heterocycles. The normalized spacial score (nSPS) is 13.7. The Labute approximate surface area is 116 Å². The highest BCUT2D eigenvalue weighted by Gasteiger charge is 2.17. The van der Waals surface area contributed by atoms with Crippen molar-refractivity contribution in [1.82, 2.24) is 4.98 Å². The van der Waals surface area contributed by atoms with Crippen LogP contribution in [0.2, 0.25) is 0 Å². The van der Waals surface area contributed by atoms with Crippen molar-refractivity contribution in [3.63, 3.8) is 0 Å². The second-order valence-electron chi connectivity index (χ2n) is 4.17. The van der Waals surface area contributed by atoms with Gasteiger partial charge in [-0.25, -0.2) is 4.98 Å². The molecular formula is C12H16ClN3OS. The maximum atomic E-state index is 11.8. The fourth-order valence-corrected chi connectivity index (χ4v) is 2.14. The molecule has 2 rings (SSSR count). The van der Waals surface area contributed by atoms with Crippen LogP contribution in [0.4, 0.5) is 5.69 Å². The number of anilines is 1. The van der Waals surface area contributed by atoms with Crippen molar-refractivity contribution in [2.24, 2.45) is 11.7 Å². The van der Waals surface area contributed by atoms with Gasteiger partial charge in [-0.05, 0) is 25.1 Å². The van der Waals surface area contributed by atoms with Crippen molar-refractivity contribution in [3.05, 3.63) is 23.7 Å². The molecule has 0 aliphatic rings. The maximum Gasteiger partial charge on any atom is 0.228 e. The first-order valence-corrected chi connectivity index (χ1v) is 6.35. The average molecular weight is 286 g/mol. The highest BCUT2D eigenvalue weighted by molar-refractivity contribution is 7.16. The lowest BCUT2D eigenvalue weighted by Crippen LogP contribution is -2.34. The second-order valence-corrected chi connectivity index (χ2v) is 5.06. The third-order valence-corrected chi connectivity index (χ3v) is 3.59. The van der Waals surface area contributed by atoms with Gasteiger partial charge >= 0.3 is 0 Å². The van der Waals surface area contributed by atoms with E-state index in [0.29, 0.717) is 0 Å². The van der Waals surface area contributed by atoms with E-state index in [-0.39, 0.29) is 30.3 Å². The molecule has 0 aliphatic carbocycles. The summed E-state index contributed by atoms with van der Waals surface area (Å²) in [5.41, 5.74) is 9.23. The summed E-state index contributed by atoms with van der Waals surface area (Å²) in [5, 5.41) is 2.86. The second kappa shape index (κ2) is 6.13. The number of hydrogen-bond donors (Lipinski definition) is 2. The SMILES string of the molecule is CC(N)C(C)C(=O)Nc1ccc2ncsc2c1.Cl. The topological polar surface area (TPSA) is 68.0 Å². The molecule has 1 aromatic heterocycles. The molecule has 0 saturated heterocycles. The summed E-state index contributed by atoms with van der Waals surface area (Å²) in [7, 11) is 0. The van der Waals surface area contributed by atoms with Gasteiger partial charge in [0.2, 0.25) is 5.91 Å². The van der Waals surface area contributed by atoms with Crippen molar-refractivity contribution >= 4 is 45.6 Å². The molecular weight excluding hydrogens is 270 g/mol. The Balaban J connectivity index is 0.00000162. The zero-order valence-corrected chi connectivity index (χ0v) is 11.8. The number of carbonyl (C=O) groups excluding carboxylic acids is 1. The lowest BCUT2D eigenvalue weighted by Gasteiger charge is -2.15. The minimum absolute atomic E-state index is 0. The van der Waals surface area contributed by atoms with Crippen molar-refractivity contribution in [2.45, 2.75) is 19.9 Å². The van der Waals surface area contributed by atoms with Crippen LogP contribution in [0.1, 0.15) is 13.8 Å². The molecule has 0 fully saturated rings. The van der Waals surface area contributed by atoms with Crippen molar-refractivity contribution in [1.29, 1.82) is 0 Å². The molecule has 0 bridgehead atoms. The fraction of sp³-hybridized carbons (Fsp3) is 0.333. The molecule has 1 amide bonds. The molecule has 98 valence electrons. The van der Waals surface area contributed by atoms with Gasteiger partial charge in [0.05, 0.1) is 21.6 Å². The third kappa shape index (κ3) is 3.19. The third-order valence-electron chi connectivity index (χ3n) is 2.80. The van der Waals surface area contributed by atoms with Crippen LogP contribution in [0, 0.1) is 5.92 Å². The molecule has 0 radical (unpaired) electrons. The summed E-state index contributed by atoms with van der Waals surface area (Å²) in [4.78, 5) is 16.0. The molecule has 1 aromatic carbocycles. The summed E-state index contributed by atoms with van der Waals surface area (Å²) in [5.74, 6) is -0.254. The summed E-state index contributed by atoms with van der Waals surface area (Å²) in [6.07, 6.45) is 0. The van der Waals surface area contributed by atoms with Crippen LogP contribution in [-0.4, -0.2) is 16.9 Å². The van der Waals surface area contributed by atoms with E-state index < -0.39 is 0 Å². The van der Waals surface area contributed by atoms with Crippen LogP contribution in [0.25, 0.3) is 10.2 Å². The van der Waals surface area contributed by atoms with Gasteiger partial charge < -0.3 is 11.1 Å². The summed E-state index contributed by atoms with van der Waals surface area (Å²) < 4.78 is 1.07. The predicted molar refractivity (Wildman–Crippen MR) is 78.3 cm³/mol. The largest absolute Gasteiger partial charge is 0.327 e. The van der Waals surface area contributed by atoms with E-state index in [1.165, 1.54) is 0 Å². The van der Waals surface area contributed by atoms with Crippen molar-refractivity contribution in [3.8, 4) is 0 Å². The molecule has 4 nitrogen and oxygen atoms in total. The van der Waals surface area contributed by atoms with Crippen molar-refractivity contribution < 1.29 is 4.79 Å². The smallest absolute Gasteiger partial charge is 0.228 e. The number of amides is 1. The lowest BCUT2D eigenvalue weighted by molar-refractivity contribution is -0.119. The molecule has 2 unspecified atom stereocenters. The first kappa shape index (κ1) is 14.9. The van der Waals surface area contributed by atoms with Crippen LogP contribution in [-0.2, 0) is 4.79 Å². The maximum absolute atomic E-state index is 11.8. The molecule has 2 atom stereocenters. The van der Waals surface area contributed by atoms with Crippen LogP contribution in [0.5, 0.6) is 0 Å². The Morgan fingerprint density at radius 1 is 1.44 bits per heavy atom. The number of nitrogens with one attached hydrogen (secondary N) is 1. The number of halogens is 1. The number of aromatic nitrogens is 1. The van der Waals surface area contributed by atoms with E-state index in [9.17, 15) is 4.79 Å². The zero-order chi connectivity index (χ0) is 12.4. The quantitative estimate of drug-likeness (QED) is 0.911. The highest BCUT2D eigenvalue weighted by Crippen LogP contribution is 2.22. The molecule has 3 N–H and O–H groups in total. The van der Waals surface area contributed by atoms with E-state index >= 15 is 0 Å². The Morgan fingerprint density at radius 3 is 2.83 bits per heavy atom. The van der Waals surface area contributed by atoms with Gasteiger partial charge in [-0.15, -0.1) is 23.7 Å². The van der Waals surface area contributed by atoms with Gasteiger partial charge in [0.25, 0.3) is 0 Å². The summed E-state index contributed by atoms with van der Waals surface area (Å²) >= 11 is 1.56. The van der Waals surface area contributed by atoms with Crippen molar-refractivity contribution in [2.75, 3.05) is 5.32 Å². The van der Waals surface area contributed by atoms with Gasteiger partial charge in [-0.2, -0.15) is 0 Å². The van der Waals surface area contributed by atoms with Crippen LogP contribution >= 0.6 is 23.7 Å². The number of nitrogens with zero attached hydrogens (tertiary/aromatic N) is 1. The average Bonchev–Trinajstić information content (AvgIpc) is 2.74. The number of benzene rings is 1. The van der Waals surface area contributed by atoms with Gasteiger partial charge in [0.1, 0.15) is 0 Å². The Hall–Kier alpha value is -1.17. The number of hydrogen-bond acceptors (Lipinski definition) is 4. The molecule has 0 aliphatic heterocycles. The number of fused-ring (bicyclic) bond motifs is 1. The molecule has 18 heavy (non-hydrogen) atoms. The molecule has 6 heteroatoms. The summed E-state index contributed by atoms with van der Waals surface area (Å²) in [6.45, 7) is 3.65. The van der Waals surface area contributed by atoms with E-state index in [2.05, 4.69) is 10.3 Å². The highest BCUT2D eigenvalue weighted by atomic mass is 35.5. The minimum Gasteiger partial charge on any atom is -0.327 e. The molecule has 2 aromatic rings. The van der Waals surface area contributed by atoms with Crippen LogP contribution in [0.15, 0.2) is 23.7 Å². The van der Waals surface area contributed by atoms with E-state index in [4.69, 9.17) is 5.73 Å². The van der Waals surface area contributed by atoms with E-state index in [1.54, 1.807) is 16.8 Å². The standard InChI is InChI=1S/C12H15N3OS.ClH/c1-7(8(2)13)12(16)15-9-3-4-10-11(5-9)17-6-14-10;/h3-8H,13H2,1-2H3,(H,15,16);1H. The number of carbonyl (C=O) groups is 1. The summed E-state index contributed by atoms with van der Waals surface area (Å²) in [6, 6.07) is 5.53. The zero-order valence-electron chi connectivity index (χ0n) is 10.2. The van der Waals surface area contributed by atoms with E-state index in [1.807, 2.05) is 32.0 Å². The number of thiazole rings is 1. The first-order chi connectivity index (χ1) is 8.08. The van der Waals surface area contributed by atoms with Gasteiger partial charge in [0, 0.05) is 11.7 Å². The lowest BCUT2D eigenvalue weighted by atomic mass is 10.0. The minimum atomic E-state index is -0.202. The fourth-order valence-electron chi connectivity index (χ4n) is 1.43. The first-order valence-electron chi connectivity index (χ1n) is 5.47. The van der Waals surface area contributed by atoms with Crippen LogP contribution < -0.4 is 11.1 Å². The predicted octanol–water partition coefficient (Wildman–Crippen LogP) is 2.64. The molecule has 0 saturated carbocycles. The monoisotopic (exact) mass is 285 g/mol. The van der Waals surface area contributed by atoms with Gasteiger partial charge in [-0.3, -0.25) is 4.79 Å². The number of nitrogens with two attached hydrogens (primary N) is 1. The Bertz CT molecular complexity index is 541. The molecule has 0 spiro atoms. The number of rotatable bonds is 3. The van der Waals surface area contributed by atoms with E-state index in [0.717, 1.165) is 15.9 Å². The Kier molecular flexibility index (Phi) is 5.07. The van der Waals surface area contributed by atoms with Crippen LogP contribution in [0.3, 0.4) is 0 Å². The Morgan fingerprint density at radius 2 is 2.17 bits per heavy atom. The van der Waals surface area contributed by atoms with Gasteiger partial charge in [0.15, 0.2) is 0 Å².